The van der Waals surface area contributed by atoms with Crippen LogP contribution in [0.3, 0.4) is 0 Å². The first kappa shape index (κ1) is 20.9. The van der Waals surface area contributed by atoms with Gasteiger partial charge in [-0.15, -0.1) is 0 Å². The minimum Gasteiger partial charge on any atom is -0.490 e. The van der Waals surface area contributed by atoms with Crippen molar-refractivity contribution in [2.75, 3.05) is 19.0 Å². The van der Waals surface area contributed by atoms with Crippen LogP contribution in [0.2, 0.25) is 0 Å². The number of amides is 1. The molecule has 0 bridgehead atoms. The molecule has 1 amide bonds. The van der Waals surface area contributed by atoms with Gasteiger partial charge in [-0.25, -0.2) is 0 Å². The van der Waals surface area contributed by atoms with Crippen LogP contribution in [0.25, 0.3) is 0 Å². The minimum absolute atomic E-state index is 0.0259. The molecule has 1 N–H and O–H groups in total. The molecule has 148 valence electrons. The van der Waals surface area contributed by atoms with E-state index < -0.39 is 29.3 Å². The van der Waals surface area contributed by atoms with Gasteiger partial charge in [0.1, 0.15) is 0 Å². The maximum absolute atomic E-state index is 12.3. The average Bonchev–Trinajstić information content (AvgIpc) is 2.69. The van der Waals surface area contributed by atoms with Crippen LogP contribution in [0, 0.1) is 17.0 Å². The fourth-order valence-electron chi connectivity index (χ4n) is 2.76. The van der Waals surface area contributed by atoms with Crippen molar-refractivity contribution in [3.05, 3.63) is 63.7 Å². The zero-order valence-corrected chi connectivity index (χ0v) is 15.9. The fraction of sp³-hybridized carbons (Fsp3) is 0.300. The maximum atomic E-state index is 12.3. The van der Waals surface area contributed by atoms with Crippen LogP contribution in [-0.2, 0) is 14.3 Å². The molecule has 0 aliphatic rings. The van der Waals surface area contributed by atoms with Crippen LogP contribution in [0.4, 0.5) is 11.4 Å². The third-order valence-electron chi connectivity index (χ3n) is 4.24. The number of benzene rings is 2. The molecule has 0 fully saturated rings. The van der Waals surface area contributed by atoms with E-state index in [2.05, 4.69) is 5.32 Å². The predicted octanol–water partition coefficient (Wildman–Crippen LogP) is 3.59. The third-order valence-corrected chi connectivity index (χ3v) is 4.24. The second kappa shape index (κ2) is 9.50. The highest BCUT2D eigenvalue weighted by molar-refractivity contribution is 5.94. The number of rotatable bonds is 8. The molecule has 8 nitrogen and oxygen atoms in total. The number of nitro benzene ring substituents is 1. The summed E-state index contributed by atoms with van der Waals surface area (Å²) in [6.07, 6.45) is 0.545. The Morgan fingerprint density at radius 2 is 1.89 bits per heavy atom. The van der Waals surface area contributed by atoms with Crippen LogP contribution in [0.1, 0.15) is 30.4 Å². The van der Waals surface area contributed by atoms with Crippen molar-refractivity contribution in [1.29, 1.82) is 0 Å². The quantitative estimate of drug-likeness (QED) is 0.422. The Morgan fingerprint density at radius 3 is 2.46 bits per heavy atom. The number of hydrogen-bond acceptors (Lipinski definition) is 6. The molecule has 0 saturated carbocycles. The number of esters is 1. The molecule has 28 heavy (non-hydrogen) atoms. The van der Waals surface area contributed by atoms with Gasteiger partial charge in [0.2, 0.25) is 0 Å². The Kier molecular flexibility index (Phi) is 7.08. The lowest BCUT2D eigenvalue weighted by molar-refractivity contribution is -0.385. The Labute approximate surface area is 162 Å². The highest BCUT2D eigenvalue weighted by Gasteiger charge is 2.22. The molecule has 8 heteroatoms. The highest BCUT2D eigenvalue weighted by atomic mass is 16.6. The number of nitrogens with zero attached hydrogens (tertiary/aromatic N) is 1. The van der Waals surface area contributed by atoms with Gasteiger partial charge in [0.15, 0.2) is 12.4 Å². The number of aryl methyl sites for hydroxylation is 1. The van der Waals surface area contributed by atoms with Gasteiger partial charge < -0.3 is 14.8 Å². The lowest BCUT2D eigenvalue weighted by atomic mass is 9.97. The van der Waals surface area contributed by atoms with Crippen LogP contribution in [0.15, 0.2) is 42.5 Å². The minimum atomic E-state index is -0.562. The molecule has 0 aromatic heterocycles. The first-order chi connectivity index (χ1) is 13.4. The first-order valence-corrected chi connectivity index (χ1v) is 8.71. The van der Waals surface area contributed by atoms with E-state index in [1.165, 1.54) is 19.2 Å². The van der Waals surface area contributed by atoms with Crippen LogP contribution in [-0.4, -0.2) is 30.5 Å². The van der Waals surface area contributed by atoms with E-state index >= 15 is 0 Å². The monoisotopic (exact) mass is 386 g/mol. The van der Waals surface area contributed by atoms with E-state index in [0.717, 1.165) is 5.56 Å². The summed E-state index contributed by atoms with van der Waals surface area (Å²) in [5, 5.41) is 13.6. The summed E-state index contributed by atoms with van der Waals surface area (Å²) in [5.74, 6) is -1.45. The lowest BCUT2D eigenvalue weighted by Gasteiger charge is -2.15. The number of carbonyl (C=O) groups excluding carboxylic acids is 2. The van der Waals surface area contributed by atoms with Crippen LogP contribution < -0.4 is 10.1 Å². The van der Waals surface area contributed by atoms with Crippen LogP contribution in [0.5, 0.6) is 5.75 Å². The molecule has 0 radical (unpaired) electrons. The molecule has 1 atom stereocenters. The van der Waals surface area contributed by atoms with Crippen molar-refractivity contribution >= 4 is 23.3 Å². The molecule has 2 rings (SSSR count). The largest absolute Gasteiger partial charge is 0.490 e. The van der Waals surface area contributed by atoms with E-state index in [9.17, 15) is 19.7 Å². The number of hydrogen-bond donors (Lipinski definition) is 1. The molecule has 0 unspecified atom stereocenters. The summed E-state index contributed by atoms with van der Waals surface area (Å²) in [7, 11) is 1.31. The molecule has 0 aliphatic heterocycles. The second-order valence-electron chi connectivity index (χ2n) is 6.12. The Morgan fingerprint density at radius 1 is 1.21 bits per heavy atom. The zero-order valence-electron chi connectivity index (χ0n) is 15.9. The SMILES string of the molecule is CC[C@H](C(=O)OCC(=O)Nc1cc(OC)c([N+](=O)[O-])cc1C)c1ccccc1. The Bertz CT molecular complexity index is 866. The highest BCUT2D eigenvalue weighted by Crippen LogP contribution is 2.32. The normalized spacial score (nSPS) is 11.4. The Hall–Kier alpha value is -3.42. The van der Waals surface area contributed by atoms with Crippen molar-refractivity contribution in [3.63, 3.8) is 0 Å². The topological polar surface area (TPSA) is 108 Å². The third kappa shape index (κ3) is 5.06. The molecular formula is C20H22N2O6. The van der Waals surface area contributed by atoms with E-state index in [1.54, 1.807) is 6.92 Å². The van der Waals surface area contributed by atoms with Crippen molar-refractivity contribution in [3.8, 4) is 5.75 Å². The summed E-state index contributed by atoms with van der Waals surface area (Å²) >= 11 is 0. The van der Waals surface area contributed by atoms with E-state index in [0.29, 0.717) is 17.7 Å². The fourth-order valence-corrected chi connectivity index (χ4v) is 2.76. The summed E-state index contributed by atoms with van der Waals surface area (Å²) in [6, 6.07) is 11.9. The van der Waals surface area contributed by atoms with Crippen molar-refractivity contribution in [1.82, 2.24) is 0 Å². The van der Waals surface area contributed by atoms with Gasteiger partial charge in [-0.3, -0.25) is 19.7 Å². The zero-order chi connectivity index (χ0) is 20.7. The number of anilines is 1. The van der Waals surface area contributed by atoms with Gasteiger partial charge in [0.05, 0.1) is 18.0 Å². The van der Waals surface area contributed by atoms with E-state index in [4.69, 9.17) is 9.47 Å². The first-order valence-electron chi connectivity index (χ1n) is 8.71. The lowest BCUT2D eigenvalue weighted by Crippen LogP contribution is -2.24. The second-order valence-corrected chi connectivity index (χ2v) is 6.12. The molecule has 0 saturated heterocycles. The number of methoxy groups -OCH3 is 1. The number of nitrogens with one attached hydrogen (secondary N) is 1. The number of carbonyl (C=O) groups is 2. The van der Waals surface area contributed by atoms with E-state index in [-0.39, 0.29) is 11.4 Å². The summed E-state index contributed by atoms with van der Waals surface area (Å²) in [4.78, 5) is 35.0. The summed E-state index contributed by atoms with van der Waals surface area (Å²) in [5.41, 5.74) is 1.46. The van der Waals surface area contributed by atoms with Crippen molar-refractivity contribution < 1.29 is 24.0 Å². The molecule has 0 spiro atoms. The van der Waals surface area contributed by atoms with Gasteiger partial charge >= 0.3 is 11.7 Å². The van der Waals surface area contributed by atoms with Gasteiger partial charge in [0, 0.05) is 17.8 Å². The number of nitro groups is 1. The summed E-state index contributed by atoms with van der Waals surface area (Å²) < 4.78 is 10.2. The maximum Gasteiger partial charge on any atom is 0.313 e. The van der Waals surface area contributed by atoms with Crippen LogP contribution >= 0.6 is 0 Å². The predicted molar refractivity (Wildman–Crippen MR) is 103 cm³/mol. The molecule has 0 aliphatic carbocycles. The van der Waals surface area contributed by atoms with Crippen molar-refractivity contribution in [2.24, 2.45) is 0 Å². The Balaban J connectivity index is 2.02. The average molecular weight is 386 g/mol. The van der Waals surface area contributed by atoms with Gasteiger partial charge in [-0.2, -0.15) is 0 Å². The molecular weight excluding hydrogens is 364 g/mol. The van der Waals surface area contributed by atoms with Gasteiger partial charge in [-0.05, 0) is 24.5 Å². The van der Waals surface area contributed by atoms with Gasteiger partial charge in [0.25, 0.3) is 5.91 Å². The van der Waals surface area contributed by atoms with Crippen molar-refractivity contribution in [2.45, 2.75) is 26.2 Å². The molecule has 2 aromatic carbocycles. The molecule has 2 aromatic rings. The smallest absolute Gasteiger partial charge is 0.313 e. The standard InChI is InChI=1S/C20H22N2O6/c1-4-15(14-8-6-5-7-9-14)20(24)28-12-19(23)21-16-11-18(27-3)17(22(25)26)10-13(16)2/h5-11,15H,4,12H2,1-3H3,(H,21,23)/t15-/m0/s1. The number of ether oxygens (including phenoxy) is 2. The van der Waals surface area contributed by atoms with E-state index in [1.807, 2.05) is 37.3 Å². The van der Waals surface area contributed by atoms with Gasteiger partial charge in [-0.1, -0.05) is 37.3 Å². The summed E-state index contributed by atoms with van der Waals surface area (Å²) in [6.45, 7) is 3.03. The molecule has 0 heterocycles.